The molecule has 0 aliphatic carbocycles. The Labute approximate surface area is 124 Å². The lowest BCUT2D eigenvalue weighted by atomic mass is 9.86. The van der Waals surface area contributed by atoms with Crippen LogP contribution in [-0.2, 0) is 9.59 Å². The molecule has 0 rings (SSSR count). The van der Waals surface area contributed by atoms with Gasteiger partial charge in [0.25, 0.3) is 0 Å². The molecule has 0 radical (unpaired) electrons. The summed E-state index contributed by atoms with van der Waals surface area (Å²) in [5, 5.41) is 3.01. The lowest BCUT2D eigenvalue weighted by Crippen LogP contribution is -2.35. The number of carbonyl (C=O) groups excluding carboxylic acids is 2. The van der Waals surface area contributed by atoms with Gasteiger partial charge in [-0.25, -0.2) is 0 Å². The molecular formula is C17H33NO2. The van der Waals surface area contributed by atoms with Crippen molar-refractivity contribution in [2.75, 3.05) is 6.54 Å². The highest BCUT2D eigenvalue weighted by molar-refractivity contribution is 5.80. The summed E-state index contributed by atoms with van der Waals surface area (Å²) in [6, 6.07) is 0. The first-order valence-electron chi connectivity index (χ1n) is 8.24. The molecule has 0 saturated heterocycles. The summed E-state index contributed by atoms with van der Waals surface area (Å²) >= 11 is 0. The summed E-state index contributed by atoms with van der Waals surface area (Å²) in [5.74, 6) is 1.11. The molecule has 0 aromatic rings. The van der Waals surface area contributed by atoms with E-state index >= 15 is 0 Å². The Hall–Kier alpha value is -0.860. The molecule has 3 nitrogen and oxygen atoms in total. The molecule has 0 aromatic heterocycles. The van der Waals surface area contributed by atoms with Crippen LogP contribution in [-0.4, -0.2) is 18.2 Å². The van der Waals surface area contributed by atoms with E-state index in [1.54, 1.807) is 0 Å². The zero-order valence-corrected chi connectivity index (χ0v) is 14.0. The van der Waals surface area contributed by atoms with E-state index < -0.39 is 0 Å². The van der Waals surface area contributed by atoms with Crippen molar-refractivity contribution in [2.24, 2.45) is 17.8 Å². The topological polar surface area (TPSA) is 46.2 Å². The lowest BCUT2D eigenvalue weighted by Gasteiger charge is -2.22. The quantitative estimate of drug-likeness (QED) is 0.583. The van der Waals surface area contributed by atoms with Crippen LogP contribution in [0.2, 0.25) is 0 Å². The monoisotopic (exact) mass is 283 g/mol. The Kier molecular flexibility index (Phi) is 10.4. The summed E-state index contributed by atoms with van der Waals surface area (Å²) in [5.41, 5.74) is 0. The molecule has 3 heteroatoms. The molecule has 0 bridgehead atoms. The molecule has 118 valence electrons. The third-order valence-corrected chi connectivity index (χ3v) is 4.08. The zero-order chi connectivity index (χ0) is 15.5. The standard InChI is InChI=1S/C17H33NO2/c1-6-8-10-15(14(5)7-2)17(20)18-12-9-11-16(19)13(3)4/h13-15H,6-12H2,1-5H3,(H,18,20). The van der Waals surface area contributed by atoms with Crippen molar-refractivity contribution in [2.45, 2.75) is 73.1 Å². The number of unbranched alkanes of at least 4 members (excludes halogenated alkanes) is 1. The van der Waals surface area contributed by atoms with Crippen molar-refractivity contribution >= 4 is 11.7 Å². The molecule has 0 saturated carbocycles. The normalized spacial score (nSPS) is 14.1. The molecule has 1 amide bonds. The Bertz CT molecular complexity index is 287. The molecule has 0 heterocycles. The smallest absolute Gasteiger partial charge is 0.223 e. The van der Waals surface area contributed by atoms with E-state index in [1.165, 1.54) is 0 Å². The maximum absolute atomic E-state index is 12.2. The van der Waals surface area contributed by atoms with Crippen LogP contribution in [0, 0.1) is 17.8 Å². The van der Waals surface area contributed by atoms with Crippen LogP contribution >= 0.6 is 0 Å². The lowest BCUT2D eigenvalue weighted by molar-refractivity contribution is -0.127. The minimum Gasteiger partial charge on any atom is -0.356 e. The van der Waals surface area contributed by atoms with Gasteiger partial charge in [-0.1, -0.05) is 53.9 Å². The van der Waals surface area contributed by atoms with E-state index in [9.17, 15) is 9.59 Å². The van der Waals surface area contributed by atoms with Crippen molar-refractivity contribution < 1.29 is 9.59 Å². The Morgan fingerprint density at radius 3 is 2.20 bits per heavy atom. The highest BCUT2D eigenvalue weighted by Gasteiger charge is 2.22. The molecule has 0 aliphatic rings. The van der Waals surface area contributed by atoms with Gasteiger partial charge in [-0.2, -0.15) is 0 Å². The van der Waals surface area contributed by atoms with Gasteiger partial charge >= 0.3 is 0 Å². The van der Waals surface area contributed by atoms with E-state index in [0.717, 1.165) is 32.1 Å². The number of carbonyl (C=O) groups is 2. The summed E-state index contributed by atoms with van der Waals surface area (Å²) in [7, 11) is 0. The van der Waals surface area contributed by atoms with E-state index in [1.807, 2.05) is 13.8 Å². The predicted molar refractivity (Wildman–Crippen MR) is 84.6 cm³/mol. The highest BCUT2D eigenvalue weighted by atomic mass is 16.2. The van der Waals surface area contributed by atoms with Crippen molar-refractivity contribution in [3.63, 3.8) is 0 Å². The number of amides is 1. The fraction of sp³-hybridized carbons (Fsp3) is 0.882. The van der Waals surface area contributed by atoms with Gasteiger partial charge in [0.1, 0.15) is 5.78 Å². The second-order valence-corrected chi connectivity index (χ2v) is 6.15. The number of Topliss-reactive ketones (excluding diaryl/α,β-unsaturated/α-hetero) is 1. The van der Waals surface area contributed by atoms with Crippen LogP contribution in [0.4, 0.5) is 0 Å². The van der Waals surface area contributed by atoms with Crippen molar-refractivity contribution in [1.29, 1.82) is 0 Å². The molecule has 1 N–H and O–H groups in total. The van der Waals surface area contributed by atoms with E-state index in [2.05, 4.69) is 26.1 Å². The number of ketones is 1. The first-order chi connectivity index (χ1) is 9.43. The SMILES string of the molecule is CCCCC(C(=O)NCCCC(=O)C(C)C)C(C)CC. The molecular weight excluding hydrogens is 250 g/mol. The minimum absolute atomic E-state index is 0.100. The molecule has 2 unspecified atom stereocenters. The van der Waals surface area contributed by atoms with Gasteiger partial charge < -0.3 is 5.32 Å². The van der Waals surface area contributed by atoms with Crippen molar-refractivity contribution in [1.82, 2.24) is 5.32 Å². The van der Waals surface area contributed by atoms with Gasteiger partial charge in [0.2, 0.25) is 5.91 Å². The first-order valence-corrected chi connectivity index (χ1v) is 8.24. The predicted octanol–water partition coefficient (Wildman–Crippen LogP) is 3.96. The van der Waals surface area contributed by atoms with Crippen LogP contribution in [0.25, 0.3) is 0 Å². The molecule has 0 aromatic carbocycles. The van der Waals surface area contributed by atoms with Gasteiger partial charge in [0.05, 0.1) is 0 Å². The first kappa shape index (κ1) is 19.1. The number of hydrogen-bond donors (Lipinski definition) is 1. The van der Waals surface area contributed by atoms with Gasteiger partial charge in [-0.15, -0.1) is 0 Å². The molecule has 2 atom stereocenters. The summed E-state index contributed by atoms with van der Waals surface area (Å²) in [4.78, 5) is 23.7. The maximum atomic E-state index is 12.2. The van der Waals surface area contributed by atoms with Gasteiger partial charge in [0, 0.05) is 24.8 Å². The Balaban J connectivity index is 4.09. The second-order valence-electron chi connectivity index (χ2n) is 6.15. The van der Waals surface area contributed by atoms with E-state index in [4.69, 9.17) is 0 Å². The Morgan fingerprint density at radius 1 is 1.05 bits per heavy atom. The molecule has 20 heavy (non-hydrogen) atoms. The fourth-order valence-electron chi connectivity index (χ4n) is 2.28. The summed E-state index contributed by atoms with van der Waals surface area (Å²) in [6.07, 6.45) is 5.57. The van der Waals surface area contributed by atoms with Crippen molar-refractivity contribution in [3.8, 4) is 0 Å². The van der Waals surface area contributed by atoms with E-state index in [0.29, 0.717) is 18.9 Å². The Morgan fingerprint density at radius 2 is 1.70 bits per heavy atom. The zero-order valence-electron chi connectivity index (χ0n) is 14.0. The average molecular weight is 283 g/mol. The summed E-state index contributed by atoms with van der Waals surface area (Å²) in [6.45, 7) is 10.9. The number of rotatable bonds is 11. The maximum Gasteiger partial charge on any atom is 0.223 e. The minimum atomic E-state index is 0.100. The second kappa shape index (κ2) is 10.9. The van der Waals surface area contributed by atoms with Gasteiger partial charge in [-0.3, -0.25) is 9.59 Å². The van der Waals surface area contributed by atoms with Crippen LogP contribution < -0.4 is 5.32 Å². The van der Waals surface area contributed by atoms with Crippen LogP contribution in [0.15, 0.2) is 0 Å². The van der Waals surface area contributed by atoms with Crippen molar-refractivity contribution in [3.05, 3.63) is 0 Å². The number of hydrogen-bond acceptors (Lipinski definition) is 2. The number of nitrogens with one attached hydrogen (secondary N) is 1. The third-order valence-electron chi connectivity index (χ3n) is 4.08. The molecule has 0 spiro atoms. The van der Waals surface area contributed by atoms with Crippen LogP contribution in [0.1, 0.15) is 73.1 Å². The van der Waals surface area contributed by atoms with Gasteiger partial charge in [-0.05, 0) is 18.8 Å². The summed E-state index contributed by atoms with van der Waals surface area (Å²) < 4.78 is 0. The average Bonchev–Trinajstić information content (AvgIpc) is 2.43. The third kappa shape index (κ3) is 7.66. The molecule has 0 aliphatic heterocycles. The fourth-order valence-corrected chi connectivity index (χ4v) is 2.28. The highest BCUT2D eigenvalue weighted by Crippen LogP contribution is 2.21. The molecule has 0 fully saturated rings. The van der Waals surface area contributed by atoms with Gasteiger partial charge in [0.15, 0.2) is 0 Å². The van der Waals surface area contributed by atoms with Crippen LogP contribution in [0.5, 0.6) is 0 Å². The largest absolute Gasteiger partial charge is 0.356 e. The van der Waals surface area contributed by atoms with Crippen LogP contribution in [0.3, 0.4) is 0 Å². The van der Waals surface area contributed by atoms with E-state index in [-0.39, 0.29) is 23.5 Å².